The molecule has 1 fully saturated rings. The van der Waals surface area contributed by atoms with E-state index in [2.05, 4.69) is 52.9 Å². The van der Waals surface area contributed by atoms with Gasteiger partial charge in [0.05, 0.1) is 24.3 Å². The second-order valence-electron chi connectivity index (χ2n) is 7.92. The van der Waals surface area contributed by atoms with Crippen LogP contribution < -0.4 is 16.0 Å². The van der Waals surface area contributed by atoms with Crippen LogP contribution in [-0.4, -0.2) is 67.5 Å². The number of nitrogens with one attached hydrogen (secondary N) is 3. The molecule has 1 aromatic heterocycles. The Balaban J connectivity index is 1.36. The third-order valence-electron chi connectivity index (χ3n) is 5.35. The summed E-state index contributed by atoms with van der Waals surface area (Å²) in [6.45, 7) is 11.2. The van der Waals surface area contributed by atoms with Gasteiger partial charge in [0, 0.05) is 38.1 Å². The molecule has 1 aliphatic rings. The quantitative estimate of drug-likeness (QED) is 0.405. The molecule has 0 radical (unpaired) electrons. The van der Waals surface area contributed by atoms with Gasteiger partial charge in [0.2, 0.25) is 0 Å². The lowest BCUT2D eigenvalue weighted by atomic mass is 10.1. The van der Waals surface area contributed by atoms with Crippen molar-refractivity contribution < 1.29 is 4.74 Å². The van der Waals surface area contributed by atoms with Crippen LogP contribution in [0.1, 0.15) is 29.5 Å². The average Bonchev–Trinajstić information content (AvgIpc) is 2.77. The molecule has 1 saturated heterocycles. The van der Waals surface area contributed by atoms with Crippen molar-refractivity contribution in [2.75, 3.05) is 57.8 Å². The summed E-state index contributed by atoms with van der Waals surface area (Å²) in [4.78, 5) is 7.13. The summed E-state index contributed by atoms with van der Waals surface area (Å²) >= 11 is 5.35. The van der Waals surface area contributed by atoms with Gasteiger partial charge >= 0.3 is 0 Å². The van der Waals surface area contributed by atoms with E-state index in [9.17, 15) is 5.26 Å². The molecule has 0 atom stereocenters. The fraction of sp³-hybridized carbons (Fsp3) is 0.522. The minimum absolute atomic E-state index is 0.572. The molecule has 3 rings (SSSR count). The van der Waals surface area contributed by atoms with Gasteiger partial charge in [-0.2, -0.15) is 5.26 Å². The van der Waals surface area contributed by atoms with Crippen LogP contribution in [0.4, 0.5) is 5.82 Å². The standard InChI is InChI=1S/C23H32N6OS/c1-17-13-18(2)21-19(14-17)15-20(16-24)22(28-21)25-5-3-6-26-23(31)27-7-4-8-29-9-11-30-12-10-29/h13-15H,3-12H2,1-2H3,(H,25,28)(H2,26,27,31). The van der Waals surface area contributed by atoms with E-state index in [0.29, 0.717) is 23.0 Å². The lowest BCUT2D eigenvalue weighted by molar-refractivity contribution is 0.0376. The van der Waals surface area contributed by atoms with Crippen molar-refractivity contribution in [1.82, 2.24) is 20.5 Å². The molecule has 8 heteroatoms. The fourth-order valence-electron chi connectivity index (χ4n) is 3.76. The summed E-state index contributed by atoms with van der Waals surface area (Å²) in [5, 5.41) is 21.0. The monoisotopic (exact) mass is 440 g/mol. The molecule has 0 spiro atoms. The number of rotatable bonds is 9. The van der Waals surface area contributed by atoms with E-state index in [1.165, 1.54) is 5.56 Å². The Morgan fingerprint density at radius 3 is 2.61 bits per heavy atom. The summed E-state index contributed by atoms with van der Waals surface area (Å²) in [5.41, 5.74) is 3.80. The topological polar surface area (TPSA) is 85.2 Å². The lowest BCUT2D eigenvalue weighted by Gasteiger charge is -2.26. The zero-order chi connectivity index (χ0) is 22.1. The number of pyridine rings is 1. The highest BCUT2D eigenvalue weighted by molar-refractivity contribution is 7.80. The molecule has 0 saturated carbocycles. The van der Waals surface area contributed by atoms with E-state index < -0.39 is 0 Å². The maximum absolute atomic E-state index is 9.50. The van der Waals surface area contributed by atoms with E-state index in [1.54, 1.807) is 0 Å². The van der Waals surface area contributed by atoms with Gasteiger partial charge in [-0.3, -0.25) is 4.90 Å². The van der Waals surface area contributed by atoms with Crippen molar-refractivity contribution in [3.05, 3.63) is 34.9 Å². The molecular formula is C23H32N6OS. The Labute approximate surface area is 190 Å². The van der Waals surface area contributed by atoms with Gasteiger partial charge in [0.15, 0.2) is 5.11 Å². The van der Waals surface area contributed by atoms with Crippen LogP contribution in [0.2, 0.25) is 0 Å². The number of hydrogen-bond donors (Lipinski definition) is 3. The third kappa shape index (κ3) is 7.03. The average molecular weight is 441 g/mol. The van der Waals surface area contributed by atoms with Gasteiger partial charge in [-0.25, -0.2) is 4.98 Å². The highest BCUT2D eigenvalue weighted by Gasteiger charge is 2.10. The number of benzene rings is 1. The summed E-state index contributed by atoms with van der Waals surface area (Å²) < 4.78 is 5.36. The maximum atomic E-state index is 9.50. The third-order valence-corrected chi connectivity index (χ3v) is 5.63. The highest BCUT2D eigenvalue weighted by atomic mass is 32.1. The predicted octanol–water partition coefficient (Wildman–Crippen LogP) is 2.71. The van der Waals surface area contributed by atoms with Crippen LogP contribution >= 0.6 is 12.2 Å². The van der Waals surface area contributed by atoms with Crippen molar-refractivity contribution in [2.45, 2.75) is 26.7 Å². The summed E-state index contributed by atoms with van der Waals surface area (Å²) in [7, 11) is 0. The second kappa shape index (κ2) is 11.8. The number of fused-ring (bicyclic) bond motifs is 1. The van der Waals surface area contributed by atoms with E-state index in [-0.39, 0.29) is 0 Å². The zero-order valence-corrected chi connectivity index (χ0v) is 19.3. The number of hydrogen-bond acceptors (Lipinski definition) is 6. The summed E-state index contributed by atoms with van der Waals surface area (Å²) in [5.74, 6) is 0.644. The molecule has 1 aliphatic heterocycles. The van der Waals surface area contributed by atoms with Crippen LogP contribution in [0.25, 0.3) is 10.9 Å². The number of thiocarbonyl (C=S) groups is 1. The molecule has 3 N–H and O–H groups in total. The Morgan fingerprint density at radius 2 is 1.87 bits per heavy atom. The molecular weight excluding hydrogens is 408 g/mol. The first-order valence-corrected chi connectivity index (χ1v) is 11.4. The minimum Gasteiger partial charge on any atom is -0.379 e. The first-order chi connectivity index (χ1) is 15.1. The number of anilines is 1. The molecule has 166 valence electrons. The maximum Gasteiger partial charge on any atom is 0.166 e. The second-order valence-corrected chi connectivity index (χ2v) is 8.33. The Hall–Kier alpha value is -2.47. The van der Waals surface area contributed by atoms with Crippen molar-refractivity contribution >= 4 is 34.1 Å². The molecule has 0 unspecified atom stereocenters. The largest absolute Gasteiger partial charge is 0.379 e. The van der Waals surface area contributed by atoms with Gasteiger partial charge in [0.25, 0.3) is 0 Å². The molecule has 0 amide bonds. The van der Waals surface area contributed by atoms with Crippen molar-refractivity contribution in [1.29, 1.82) is 5.26 Å². The predicted molar refractivity (Wildman–Crippen MR) is 130 cm³/mol. The van der Waals surface area contributed by atoms with Gasteiger partial charge in [-0.15, -0.1) is 0 Å². The van der Waals surface area contributed by atoms with Crippen molar-refractivity contribution in [3.8, 4) is 6.07 Å². The highest BCUT2D eigenvalue weighted by Crippen LogP contribution is 2.24. The van der Waals surface area contributed by atoms with E-state index in [4.69, 9.17) is 21.9 Å². The van der Waals surface area contributed by atoms with Gasteiger partial charge < -0.3 is 20.7 Å². The zero-order valence-electron chi connectivity index (χ0n) is 18.5. The van der Waals surface area contributed by atoms with Crippen molar-refractivity contribution in [2.24, 2.45) is 0 Å². The number of nitriles is 1. The molecule has 1 aromatic carbocycles. The van der Waals surface area contributed by atoms with E-state index in [1.807, 2.05) is 6.07 Å². The Kier molecular flexibility index (Phi) is 8.83. The van der Waals surface area contributed by atoms with Crippen LogP contribution in [-0.2, 0) is 4.74 Å². The number of aryl methyl sites for hydroxylation is 2. The Bertz CT molecular complexity index is 936. The minimum atomic E-state index is 0.572. The van der Waals surface area contributed by atoms with Crippen LogP contribution in [0.5, 0.6) is 0 Å². The fourth-order valence-corrected chi connectivity index (χ4v) is 3.96. The smallest absolute Gasteiger partial charge is 0.166 e. The van der Waals surface area contributed by atoms with Crippen LogP contribution in [0.3, 0.4) is 0 Å². The number of aromatic nitrogens is 1. The van der Waals surface area contributed by atoms with Crippen LogP contribution in [0.15, 0.2) is 18.2 Å². The van der Waals surface area contributed by atoms with Gasteiger partial charge in [-0.05, 0) is 63.1 Å². The molecule has 2 aromatic rings. The van der Waals surface area contributed by atoms with E-state index in [0.717, 1.165) is 75.2 Å². The SMILES string of the molecule is Cc1cc(C)c2nc(NCCCNC(=S)NCCCN3CCOCC3)c(C#N)cc2c1. The van der Waals surface area contributed by atoms with E-state index >= 15 is 0 Å². The normalized spacial score (nSPS) is 14.2. The lowest BCUT2D eigenvalue weighted by Crippen LogP contribution is -2.40. The number of nitrogens with zero attached hydrogens (tertiary/aromatic N) is 3. The van der Waals surface area contributed by atoms with Gasteiger partial charge in [-0.1, -0.05) is 11.6 Å². The van der Waals surface area contributed by atoms with Crippen LogP contribution in [0, 0.1) is 25.2 Å². The summed E-state index contributed by atoms with van der Waals surface area (Å²) in [6.07, 6.45) is 1.93. The first kappa shape index (κ1) is 23.2. The number of ether oxygens (including phenoxy) is 1. The molecule has 2 heterocycles. The summed E-state index contributed by atoms with van der Waals surface area (Å²) in [6, 6.07) is 8.36. The molecule has 31 heavy (non-hydrogen) atoms. The molecule has 0 bridgehead atoms. The van der Waals surface area contributed by atoms with Gasteiger partial charge in [0.1, 0.15) is 11.9 Å². The number of morpholine rings is 1. The first-order valence-electron chi connectivity index (χ1n) is 10.9. The van der Waals surface area contributed by atoms with Crippen molar-refractivity contribution in [3.63, 3.8) is 0 Å². The Morgan fingerprint density at radius 1 is 1.13 bits per heavy atom. The molecule has 7 nitrogen and oxygen atoms in total. The molecule has 0 aliphatic carbocycles.